The SMILES string of the molecule is C/C(F)=C/c1cccc2cccnc12. The number of hydrogen-bond donors (Lipinski definition) is 0. The first kappa shape index (κ1) is 8.88. The molecule has 1 heterocycles. The average molecular weight is 187 g/mol. The summed E-state index contributed by atoms with van der Waals surface area (Å²) in [4.78, 5) is 4.22. The number of nitrogens with zero attached hydrogens (tertiary/aromatic N) is 1. The van der Waals surface area contributed by atoms with Crippen LogP contribution in [0.25, 0.3) is 17.0 Å². The van der Waals surface area contributed by atoms with Gasteiger partial charge in [-0.25, -0.2) is 4.39 Å². The minimum Gasteiger partial charge on any atom is -0.256 e. The highest BCUT2D eigenvalue weighted by Gasteiger charge is 1.98. The lowest BCUT2D eigenvalue weighted by Crippen LogP contribution is -1.82. The summed E-state index contributed by atoms with van der Waals surface area (Å²) in [6.07, 6.45) is 3.21. The zero-order valence-electron chi connectivity index (χ0n) is 7.87. The molecule has 0 unspecified atom stereocenters. The van der Waals surface area contributed by atoms with E-state index in [2.05, 4.69) is 4.98 Å². The van der Waals surface area contributed by atoms with Gasteiger partial charge in [0.1, 0.15) is 0 Å². The molecule has 2 heteroatoms. The topological polar surface area (TPSA) is 12.9 Å². The monoisotopic (exact) mass is 187 g/mol. The summed E-state index contributed by atoms with van der Waals surface area (Å²) >= 11 is 0. The Hall–Kier alpha value is -1.70. The number of rotatable bonds is 1. The van der Waals surface area contributed by atoms with E-state index in [1.54, 1.807) is 6.20 Å². The van der Waals surface area contributed by atoms with Crippen molar-refractivity contribution in [3.63, 3.8) is 0 Å². The Morgan fingerprint density at radius 2 is 2.07 bits per heavy atom. The van der Waals surface area contributed by atoms with E-state index in [1.165, 1.54) is 13.0 Å². The number of hydrogen-bond acceptors (Lipinski definition) is 1. The van der Waals surface area contributed by atoms with Crippen molar-refractivity contribution in [1.82, 2.24) is 4.98 Å². The van der Waals surface area contributed by atoms with Gasteiger partial charge in [-0.3, -0.25) is 4.98 Å². The van der Waals surface area contributed by atoms with Crippen LogP contribution in [-0.2, 0) is 0 Å². The first-order valence-corrected chi connectivity index (χ1v) is 4.45. The molecule has 1 nitrogen and oxygen atoms in total. The molecule has 0 saturated heterocycles. The molecule has 0 amide bonds. The van der Waals surface area contributed by atoms with E-state index in [9.17, 15) is 4.39 Å². The summed E-state index contributed by atoms with van der Waals surface area (Å²) in [6.45, 7) is 1.43. The third-order valence-corrected chi connectivity index (χ3v) is 2.02. The molecule has 0 atom stereocenters. The molecule has 0 aliphatic carbocycles. The van der Waals surface area contributed by atoms with Crippen molar-refractivity contribution in [2.45, 2.75) is 6.92 Å². The Bertz CT molecular complexity index is 479. The van der Waals surface area contributed by atoms with Gasteiger partial charge >= 0.3 is 0 Å². The number of pyridine rings is 1. The van der Waals surface area contributed by atoms with E-state index < -0.39 is 0 Å². The normalized spacial score (nSPS) is 12.0. The number of halogens is 1. The quantitative estimate of drug-likeness (QED) is 0.665. The second-order valence-corrected chi connectivity index (χ2v) is 3.15. The average Bonchev–Trinajstić information content (AvgIpc) is 2.18. The van der Waals surface area contributed by atoms with E-state index in [4.69, 9.17) is 0 Å². The minimum atomic E-state index is -0.205. The van der Waals surface area contributed by atoms with E-state index in [0.717, 1.165) is 16.5 Å². The second-order valence-electron chi connectivity index (χ2n) is 3.15. The molecule has 0 aliphatic rings. The molecule has 1 aromatic carbocycles. The van der Waals surface area contributed by atoms with Crippen molar-refractivity contribution in [2.75, 3.05) is 0 Å². The van der Waals surface area contributed by atoms with Crippen molar-refractivity contribution in [1.29, 1.82) is 0 Å². The van der Waals surface area contributed by atoms with Gasteiger partial charge in [0.2, 0.25) is 0 Å². The third kappa shape index (κ3) is 1.64. The van der Waals surface area contributed by atoms with Crippen LogP contribution < -0.4 is 0 Å². The number of aromatic nitrogens is 1. The fourth-order valence-corrected chi connectivity index (χ4v) is 1.46. The third-order valence-electron chi connectivity index (χ3n) is 2.02. The summed E-state index contributed by atoms with van der Waals surface area (Å²) in [5.74, 6) is -0.205. The molecule has 1 aromatic heterocycles. The van der Waals surface area contributed by atoms with Crippen molar-refractivity contribution >= 4 is 17.0 Å². The standard InChI is InChI=1S/C12H10FN/c1-9(13)8-11-5-2-4-10-6-3-7-14-12(10)11/h2-8H,1H3/b9-8-. The fourth-order valence-electron chi connectivity index (χ4n) is 1.46. The molecular weight excluding hydrogens is 177 g/mol. The molecule has 0 aliphatic heterocycles. The van der Waals surface area contributed by atoms with E-state index in [0.29, 0.717) is 0 Å². The second kappa shape index (κ2) is 3.58. The van der Waals surface area contributed by atoms with Gasteiger partial charge in [-0.15, -0.1) is 0 Å². The van der Waals surface area contributed by atoms with Gasteiger partial charge in [0.15, 0.2) is 0 Å². The molecule has 14 heavy (non-hydrogen) atoms. The lowest BCUT2D eigenvalue weighted by atomic mass is 10.1. The highest BCUT2D eigenvalue weighted by Crippen LogP contribution is 2.18. The lowest BCUT2D eigenvalue weighted by Gasteiger charge is -2.00. The molecule has 0 radical (unpaired) electrons. The van der Waals surface area contributed by atoms with Crippen LogP contribution in [-0.4, -0.2) is 4.98 Å². The maximum Gasteiger partial charge on any atom is 0.0975 e. The van der Waals surface area contributed by atoms with E-state index in [-0.39, 0.29) is 5.83 Å². The highest BCUT2D eigenvalue weighted by atomic mass is 19.1. The van der Waals surface area contributed by atoms with Crippen LogP contribution in [0.5, 0.6) is 0 Å². The molecule has 0 saturated carbocycles. The van der Waals surface area contributed by atoms with Crippen molar-refractivity contribution in [2.24, 2.45) is 0 Å². The van der Waals surface area contributed by atoms with Gasteiger partial charge in [-0.1, -0.05) is 24.3 Å². The first-order chi connectivity index (χ1) is 6.77. The first-order valence-electron chi connectivity index (χ1n) is 4.45. The molecule has 70 valence electrons. The predicted molar refractivity (Wildman–Crippen MR) is 56.5 cm³/mol. The van der Waals surface area contributed by atoms with Gasteiger partial charge < -0.3 is 0 Å². The van der Waals surface area contributed by atoms with Crippen molar-refractivity contribution in [3.05, 3.63) is 47.9 Å². The van der Waals surface area contributed by atoms with E-state index in [1.807, 2.05) is 30.3 Å². The Morgan fingerprint density at radius 3 is 2.86 bits per heavy atom. The van der Waals surface area contributed by atoms with E-state index >= 15 is 0 Å². The van der Waals surface area contributed by atoms with Crippen molar-refractivity contribution < 1.29 is 4.39 Å². The Labute approximate surface area is 81.9 Å². The molecule has 0 spiro atoms. The molecule has 0 N–H and O–H groups in total. The zero-order chi connectivity index (χ0) is 9.97. The van der Waals surface area contributed by atoms with Gasteiger partial charge in [-0.05, 0) is 19.1 Å². The number of allylic oxidation sites excluding steroid dienone is 1. The van der Waals surface area contributed by atoms with Crippen LogP contribution in [0.3, 0.4) is 0 Å². The Balaban J connectivity index is 2.71. The van der Waals surface area contributed by atoms with Crippen LogP contribution in [0, 0.1) is 0 Å². The molecular formula is C12H10FN. The van der Waals surface area contributed by atoms with Crippen LogP contribution in [0.4, 0.5) is 4.39 Å². The van der Waals surface area contributed by atoms with Crippen LogP contribution in [0.2, 0.25) is 0 Å². The summed E-state index contributed by atoms with van der Waals surface area (Å²) in [5, 5.41) is 1.03. The van der Waals surface area contributed by atoms with Gasteiger partial charge in [-0.2, -0.15) is 0 Å². The molecule has 0 bridgehead atoms. The molecule has 0 fully saturated rings. The van der Waals surface area contributed by atoms with Gasteiger partial charge in [0, 0.05) is 17.1 Å². The molecule has 2 rings (SSSR count). The number of benzene rings is 1. The molecule has 2 aromatic rings. The van der Waals surface area contributed by atoms with Crippen LogP contribution in [0.15, 0.2) is 42.4 Å². The summed E-state index contributed by atoms with van der Waals surface area (Å²) < 4.78 is 12.7. The van der Waals surface area contributed by atoms with Crippen molar-refractivity contribution in [3.8, 4) is 0 Å². The maximum atomic E-state index is 12.7. The summed E-state index contributed by atoms with van der Waals surface area (Å²) in [6, 6.07) is 9.57. The number of fused-ring (bicyclic) bond motifs is 1. The maximum absolute atomic E-state index is 12.7. The lowest BCUT2D eigenvalue weighted by molar-refractivity contribution is 0.648. The van der Waals surface area contributed by atoms with Crippen LogP contribution >= 0.6 is 0 Å². The fraction of sp³-hybridized carbons (Fsp3) is 0.0833. The largest absolute Gasteiger partial charge is 0.256 e. The van der Waals surface area contributed by atoms with Gasteiger partial charge in [0.05, 0.1) is 11.3 Å². The predicted octanol–water partition coefficient (Wildman–Crippen LogP) is 3.57. The zero-order valence-corrected chi connectivity index (χ0v) is 7.87. The summed E-state index contributed by atoms with van der Waals surface area (Å²) in [5.41, 5.74) is 1.66. The van der Waals surface area contributed by atoms with Crippen LogP contribution in [0.1, 0.15) is 12.5 Å². The summed E-state index contributed by atoms with van der Waals surface area (Å²) in [7, 11) is 0. The number of para-hydroxylation sites is 1. The minimum absolute atomic E-state index is 0.205. The smallest absolute Gasteiger partial charge is 0.0975 e. The van der Waals surface area contributed by atoms with Gasteiger partial charge in [0.25, 0.3) is 0 Å². The Morgan fingerprint density at radius 1 is 1.29 bits per heavy atom. The highest BCUT2D eigenvalue weighted by molar-refractivity contribution is 5.87. The Kier molecular flexibility index (Phi) is 2.27.